The molecule has 68 valence electrons. The van der Waals surface area contributed by atoms with E-state index in [1.54, 1.807) is 6.07 Å². The molecular weight excluding hydrogens is 239 g/mol. The van der Waals surface area contributed by atoms with Crippen LogP contribution in [0.15, 0.2) is 18.2 Å². The molecule has 0 saturated carbocycles. The van der Waals surface area contributed by atoms with Gasteiger partial charge in [-0.2, -0.15) is 0 Å². The van der Waals surface area contributed by atoms with Crippen LogP contribution in [0.1, 0.15) is 22.2 Å². The van der Waals surface area contributed by atoms with E-state index in [0.717, 1.165) is 5.56 Å². The first-order valence-electron chi connectivity index (χ1n) is 3.76. The summed E-state index contributed by atoms with van der Waals surface area (Å²) < 4.78 is 18.0. The molecule has 0 bridgehead atoms. The van der Waals surface area contributed by atoms with Crippen molar-refractivity contribution < 1.29 is 13.9 Å². The lowest BCUT2D eigenvalue weighted by Crippen LogP contribution is -1.96. The molecule has 1 heterocycles. The molecule has 2 atom stereocenters. The molecule has 0 fully saturated rings. The zero-order chi connectivity index (χ0) is 9.42. The van der Waals surface area contributed by atoms with Crippen LogP contribution in [0.2, 0.25) is 0 Å². The Bertz CT molecular complexity index is 353. The highest BCUT2D eigenvalue weighted by Crippen LogP contribution is 2.41. The lowest BCUT2D eigenvalue weighted by molar-refractivity contribution is -0.117. The summed E-state index contributed by atoms with van der Waals surface area (Å²) >= 11 is 3.20. The van der Waals surface area contributed by atoms with Gasteiger partial charge in [0.05, 0.1) is 0 Å². The van der Waals surface area contributed by atoms with Crippen molar-refractivity contribution in [2.45, 2.75) is 11.1 Å². The van der Waals surface area contributed by atoms with E-state index < -0.39 is 6.10 Å². The number of fused-ring (bicyclic) bond motifs is 1. The normalized spacial score (nSPS) is 25.7. The first-order valence-corrected chi connectivity index (χ1v) is 4.68. The number of alkyl halides is 1. The van der Waals surface area contributed by atoms with Crippen LogP contribution in [0.4, 0.5) is 4.39 Å². The number of carbonyl (C=O) groups is 1. The minimum Gasteiger partial charge on any atom is -0.347 e. The molecule has 0 spiro atoms. The van der Waals surface area contributed by atoms with Crippen LogP contribution in [-0.4, -0.2) is 6.29 Å². The van der Waals surface area contributed by atoms with Crippen molar-refractivity contribution in [1.29, 1.82) is 0 Å². The molecule has 0 saturated heterocycles. The first kappa shape index (κ1) is 8.84. The molecule has 0 N–H and O–H groups in total. The van der Waals surface area contributed by atoms with Gasteiger partial charge in [-0.15, -0.1) is 0 Å². The first-order chi connectivity index (χ1) is 6.22. The van der Waals surface area contributed by atoms with Crippen LogP contribution in [0, 0.1) is 5.82 Å². The predicted molar refractivity (Wildman–Crippen MR) is 48.0 cm³/mol. The van der Waals surface area contributed by atoms with E-state index >= 15 is 0 Å². The maximum absolute atomic E-state index is 12.8. The highest BCUT2D eigenvalue weighted by Gasteiger charge is 2.29. The number of carbonyl (C=O) groups excluding carboxylic acids is 1. The van der Waals surface area contributed by atoms with Crippen molar-refractivity contribution in [1.82, 2.24) is 0 Å². The Balaban J connectivity index is 2.51. The Morgan fingerprint density at radius 2 is 2.23 bits per heavy atom. The van der Waals surface area contributed by atoms with Crippen LogP contribution in [0.5, 0.6) is 0 Å². The Hall–Kier alpha value is -0.740. The molecule has 0 aromatic heterocycles. The van der Waals surface area contributed by atoms with Crippen LogP contribution in [0.3, 0.4) is 0 Å². The molecule has 2 rings (SSSR count). The van der Waals surface area contributed by atoms with Crippen molar-refractivity contribution in [2.75, 3.05) is 0 Å². The van der Waals surface area contributed by atoms with E-state index in [4.69, 9.17) is 4.74 Å². The monoisotopic (exact) mass is 244 g/mol. The van der Waals surface area contributed by atoms with E-state index in [1.807, 2.05) is 0 Å². The summed E-state index contributed by atoms with van der Waals surface area (Å²) in [5, 5.41) is -0.381. The summed E-state index contributed by atoms with van der Waals surface area (Å²) in [7, 11) is 0. The number of aldehydes is 1. The molecule has 1 aromatic carbocycles. The smallest absolute Gasteiger partial charge is 0.153 e. The number of ether oxygens (including phenoxy) is 1. The summed E-state index contributed by atoms with van der Waals surface area (Å²) in [4.78, 5) is 10.6. The molecule has 1 aliphatic heterocycles. The van der Waals surface area contributed by atoms with Crippen LogP contribution in [0.25, 0.3) is 0 Å². The van der Waals surface area contributed by atoms with Gasteiger partial charge in [-0.25, -0.2) is 4.39 Å². The lowest BCUT2D eigenvalue weighted by Gasteiger charge is -2.00. The Morgan fingerprint density at radius 1 is 1.46 bits per heavy atom. The van der Waals surface area contributed by atoms with E-state index in [9.17, 15) is 9.18 Å². The van der Waals surface area contributed by atoms with Crippen molar-refractivity contribution in [2.24, 2.45) is 0 Å². The van der Waals surface area contributed by atoms with Crippen molar-refractivity contribution in [3.8, 4) is 0 Å². The molecular formula is C9H6BrFO2. The minimum atomic E-state index is -0.569. The fraction of sp³-hybridized carbons (Fsp3) is 0.222. The maximum atomic E-state index is 12.8. The fourth-order valence-electron chi connectivity index (χ4n) is 1.38. The molecule has 0 radical (unpaired) electrons. The second-order valence-electron chi connectivity index (χ2n) is 2.78. The third-order valence-electron chi connectivity index (χ3n) is 1.99. The second-order valence-corrected chi connectivity index (χ2v) is 3.61. The number of rotatable bonds is 1. The Morgan fingerprint density at radius 3 is 2.92 bits per heavy atom. The van der Waals surface area contributed by atoms with Gasteiger partial charge in [0.2, 0.25) is 0 Å². The summed E-state index contributed by atoms with van der Waals surface area (Å²) in [5.74, 6) is -0.321. The SMILES string of the molecule is O=CC1OC(Br)c2cc(F)ccc21. The maximum Gasteiger partial charge on any atom is 0.153 e. The van der Waals surface area contributed by atoms with Crippen LogP contribution >= 0.6 is 15.9 Å². The van der Waals surface area contributed by atoms with Gasteiger partial charge in [0.25, 0.3) is 0 Å². The Labute approximate surface area is 82.8 Å². The van der Waals surface area contributed by atoms with Gasteiger partial charge >= 0.3 is 0 Å². The third-order valence-corrected chi connectivity index (χ3v) is 2.70. The van der Waals surface area contributed by atoms with Crippen LogP contribution in [-0.2, 0) is 9.53 Å². The van der Waals surface area contributed by atoms with Gasteiger partial charge in [0.1, 0.15) is 16.9 Å². The van der Waals surface area contributed by atoms with Gasteiger partial charge in [-0.1, -0.05) is 22.0 Å². The lowest BCUT2D eigenvalue weighted by atomic mass is 10.1. The average Bonchev–Trinajstić information content (AvgIpc) is 2.43. The van der Waals surface area contributed by atoms with Crippen LogP contribution < -0.4 is 0 Å². The summed E-state index contributed by atoms with van der Waals surface area (Å²) in [6.07, 6.45) is 0.137. The van der Waals surface area contributed by atoms with Gasteiger partial charge < -0.3 is 9.53 Å². The van der Waals surface area contributed by atoms with Gasteiger partial charge in [-0.05, 0) is 17.7 Å². The molecule has 1 aliphatic rings. The standard InChI is InChI=1S/C9H6BrFO2/c10-9-7-3-5(11)1-2-6(7)8(4-12)13-9/h1-4,8-9H. The van der Waals surface area contributed by atoms with Crippen molar-refractivity contribution in [3.63, 3.8) is 0 Å². The molecule has 2 unspecified atom stereocenters. The summed E-state index contributed by atoms with van der Waals surface area (Å²) in [6, 6.07) is 4.27. The number of hydrogen-bond donors (Lipinski definition) is 0. The van der Waals surface area contributed by atoms with Gasteiger partial charge in [0, 0.05) is 5.56 Å². The van der Waals surface area contributed by atoms with E-state index in [-0.39, 0.29) is 10.8 Å². The molecule has 0 amide bonds. The molecule has 13 heavy (non-hydrogen) atoms. The van der Waals surface area contributed by atoms with E-state index in [1.165, 1.54) is 12.1 Å². The number of benzene rings is 1. The van der Waals surface area contributed by atoms with Crippen molar-refractivity contribution >= 4 is 22.2 Å². The molecule has 4 heteroatoms. The zero-order valence-corrected chi connectivity index (χ0v) is 8.12. The molecule has 1 aromatic rings. The third kappa shape index (κ3) is 1.40. The van der Waals surface area contributed by atoms with Gasteiger partial charge in [-0.3, -0.25) is 0 Å². The van der Waals surface area contributed by atoms with E-state index in [2.05, 4.69) is 15.9 Å². The van der Waals surface area contributed by atoms with Crippen molar-refractivity contribution in [3.05, 3.63) is 35.1 Å². The second kappa shape index (κ2) is 3.20. The summed E-state index contributed by atoms with van der Waals surface area (Å²) in [6.45, 7) is 0. The fourth-order valence-corrected chi connectivity index (χ4v) is 2.01. The minimum absolute atomic E-state index is 0.321. The topological polar surface area (TPSA) is 26.3 Å². The number of hydrogen-bond acceptors (Lipinski definition) is 2. The Kier molecular flexibility index (Phi) is 2.17. The summed E-state index contributed by atoms with van der Waals surface area (Å²) in [5.41, 5.74) is 1.43. The average molecular weight is 245 g/mol. The predicted octanol–water partition coefficient (Wildman–Crippen LogP) is 2.49. The largest absolute Gasteiger partial charge is 0.347 e. The van der Waals surface area contributed by atoms with E-state index in [0.29, 0.717) is 11.8 Å². The van der Waals surface area contributed by atoms with Gasteiger partial charge in [0.15, 0.2) is 6.29 Å². The zero-order valence-electron chi connectivity index (χ0n) is 6.54. The number of halogens is 2. The quantitative estimate of drug-likeness (QED) is 0.561. The molecule has 2 nitrogen and oxygen atoms in total. The molecule has 0 aliphatic carbocycles. The highest BCUT2D eigenvalue weighted by molar-refractivity contribution is 9.09. The highest BCUT2D eigenvalue weighted by atomic mass is 79.9.